The molecule has 2 rings (SSSR count). The van der Waals surface area contributed by atoms with Crippen molar-refractivity contribution >= 4 is 11.7 Å². The Kier molecular flexibility index (Phi) is 4.35. The van der Waals surface area contributed by atoms with Crippen LogP contribution in [0.2, 0.25) is 0 Å². The van der Waals surface area contributed by atoms with E-state index in [9.17, 15) is 9.18 Å². The fraction of sp³-hybridized carbons (Fsp3) is 0.188. The maximum absolute atomic E-state index is 13.2. The number of halogens is 1. The maximum atomic E-state index is 13.2. The molecule has 3 nitrogen and oxygen atoms in total. The summed E-state index contributed by atoms with van der Waals surface area (Å²) >= 11 is 0. The van der Waals surface area contributed by atoms with Gasteiger partial charge in [0.2, 0.25) is 0 Å². The predicted molar refractivity (Wildman–Crippen MR) is 78.1 cm³/mol. The first-order valence-electron chi connectivity index (χ1n) is 6.45. The van der Waals surface area contributed by atoms with Crippen LogP contribution in [-0.4, -0.2) is 6.03 Å². The Labute approximate surface area is 117 Å². The Hall–Kier alpha value is -2.36. The first-order chi connectivity index (χ1) is 9.56. The molecule has 20 heavy (non-hydrogen) atoms. The number of anilines is 1. The van der Waals surface area contributed by atoms with E-state index < -0.39 is 0 Å². The Balaban J connectivity index is 2.01. The van der Waals surface area contributed by atoms with Crippen LogP contribution in [0.1, 0.15) is 24.1 Å². The van der Waals surface area contributed by atoms with Gasteiger partial charge < -0.3 is 10.6 Å². The highest BCUT2D eigenvalue weighted by molar-refractivity contribution is 5.90. The minimum atomic E-state index is -0.373. The van der Waals surface area contributed by atoms with Crippen molar-refractivity contribution in [2.75, 3.05) is 5.32 Å². The number of carbonyl (C=O) groups is 1. The summed E-state index contributed by atoms with van der Waals surface area (Å²) in [4.78, 5) is 11.9. The first-order valence-corrected chi connectivity index (χ1v) is 6.45. The van der Waals surface area contributed by atoms with E-state index in [1.165, 1.54) is 12.1 Å². The molecule has 0 bridgehead atoms. The fourth-order valence-electron chi connectivity index (χ4n) is 1.91. The van der Waals surface area contributed by atoms with Crippen LogP contribution in [-0.2, 0) is 0 Å². The van der Waals surface area contributed by atoms with Gasteiger partial charge in [0.1, 0.15) is 5.82 Å². The molecule has 0 saturated heterocycles. The second-order valence-electron chi connectivity index (χ2n) is 4.69. The van der Waals surface area contributed by atoms with Gasteiger partial charge in [-0.2, -0.15) is 0 Å². The number of hydrogen-bond donors (Lipinski definition) is 2. The van der Waals surface area contributed by atoms with Crippen molar-refractivity contribution in [1.82, 2.24) is 5.32 Å². The zero-order valence-electron chi connectivity index (χ0n) is 11.5. The number of amides is 2. The molecule has 0 aromatic heterocycles. The zero-order chi connectivity index (χ0) is 14.5. The van der Waals surface area contributed by atoms with Crippen LogP contribution in [0.15, 0.2) is 48.5 Å². The van der Waals surface area contributed by atoms with Gasteiger partial charge >= 0.3 is 6.03 Å². The fourth-order valence-corrected chi connectivity index (χ4v) is 1.91. The van der Waals surface area contributed by atoms with Crippen LogP contribution in [0.5, 0.6) is 0 Å². The van der Waals surface area contributed by atoms with Crippen LogP contribution >= 0.6 is 0 Å². The molecule has 1 atom stereocenters. The van der Waals surface area contributed by atoms with E-state index in [1.807, 2.05) is 44.2 Å². The first kappa shape index (κ1) is 14.1. The van der Waals surface area contributed by atoms with Crippen LogP contribution in [0.4, 0.5) is 14.9 Å². The Morgan fingerprint density at radius 3 is 2.55 bits per heavy atom. The van der Waals surface area contributed by atoms with E-state index in [2.05, 4.69) is 10.6 Å². The maximum Gasteiger partial charge on any atom is 0.319 e. The van der Waals surface area contributed by atoms with E-state index in [4.69, 9.17) is 0 Å². The lowest BCUT2D eigenvalue weighted by Gasteiger charge is -2.15. The lowest BCUT2D eigenvalue weighted by Crippen LogP contribution is -2.31. The Morgan fingerprint density at radius 2 is 1.85 bits per heavy atom. The minimum Gasteiger partial charge on any atom is -0.331 e. The number of urea groups is 1. The SMILES string of the molecule is Cc1ccc(F)cc1NC(=O)NC(C)c1ccccc1. The minimum absolute atomic E-state index is 0.120. The van der Waals surface area contributed by atoms with Crippen LogP contribution in [0.25, 0.3) is 0 Å². The number of hydrogen-bond acceptors (Lipinski definition) is 1. The highest BCUT2D eigenvalue weighted by atomic mass is 19.1. The van der Waals surface area contributed by atoms with Gasteiger partial charge in [-0.3, -0.25) is 0 Å². The van der Waals surface area contributed by atoms with Crippen LogP contribution in [0, 0.1) is 12.7 Å². The number of rotatable bonds is 3. The quantitative estimate of drug-likeness (QED) is 0.870. The van der Waals surface area contributed by atoms with E-state index in [1.54, 1.807) is 6.07 Å². The average Bonchev–Trinajstić information content (AvgIpc) is 2.43. The zero-order valence-corrected chi connectivity index (χ0v) is 11.5. The second kappa shape index (κ2) is 6.19. The molecule has 104 valence electrons. The van der Waals surface area contributed by atoms with Gasteiger partial charge in [0, 0.05) is 5.69 Å². The topological polar surface area (TPSA) is 41.1 Å². The summed E-state index contributed by atoms with van der Waals surface area (Å²) in [7, 11) is 0. The molecule has 0 aliphatic carbocycles. The van der Waals surface area contributed by atoms with Crippen LogP contribution in [0.3, 0.4) is 0 Å². The highest BCUT2D eigenvalue weighted by Gasteiger charge is 2.10. The van der Waals surface area contributed by atoms with Crippen molar-refractivity contribution in [3.8, 4) is 0 Å². The van der Waals surface area contributed by atoms with Gasteiger partial charge in [0.05, 0.1) is 6.04 Å². The van der Waals surface area contributed by atoms with E-state index in [-0.39, 0.29) is 17.9 Å². The van der Waals surface area contributed by atoms with Crippen molar-refractivity contribution in [2.24, 2.45) is 0 Å². The average molecular weight is 272 g/mol. The van der Waals surface area contributed by atoms with Gasteiger partial charge in [-0.25, -0.2) is 9.18 Å². The summed E-state index contributed by atoms with van der Waals surface area (Å²) in [6.07, 6.45) is 0. The Bertz CT molecular complexity index is 599. The molecule has 0 aliphatic rings. The third-order valence-electron chi connectivity index (χ3n) is 3.09. The monoisotopic (exact) mass is 272 g/mol. The van der Waals surface area contributed by atoms with E-state index >= 15 is 0 Å². The summed E-state index contributed by atoms with van der Waals surface area (Å²) in [5.74, 6) is -0.373. The van der Waals surface area contributed by atoms with Crippen molar-refractivity contribution in [1.29, 1.82) is 0 Å². The standard InChI is InChI=1S/C16H17FN2O/c1-11-8-9-14(17)10-15(11)19-16(20)18-12(2)13-6-4-3-5-7-13/h3-10,12H,1-2H3,(H2,18,19,20). The molecule has 0 radical (unpaired) electrons. The highest BCUT2D eigenvalue weighted by Crippen LogP contribution is 2.16. The molecule has 0 saturated carbocycles. The molecule has 0 aliphatic heterocycles. The number of benzene rings is 2. The summed E-state index contributed by atoms with van der Waals surface area (Å²) in [5.41, 5.74) is 2.30. The molecule has 4 heteroatoms. The summed E-state index contributed by atoms with van der Waals surface area (Å²) in [6, 6.07) is 13.5. The normalized spacial score (nSPS) is 11.8. The van der Waals surface area contributed by atoms with Gasteiger partial charge in [-0.05, 0) is 37.1 Å². The third-order valence-corrected chi connectivity index (χ3v) is 3.09. The predicted octanol–water partition coefficient (Wildman–Crippen LogP) is 4.02. The van der Waals surface area contributed by atoms with Gasteiger partial charge in [-0.15, -0.1) is 0 Å². The summed E-state index contributed by atoms with van der Waals surface area (Å²) in [5, 5.41) is 5.48. The molecule has 2 amide bonds. The van der Waals surface area contributed by atoms with Gasteiger partial charge in [0.25, 0.3) is 0 Å². The number of nitrogens with one attached hydrogen (secondary N) is 2. The molecule has 2 aromatic carbocycles. The smallest absolute Gasteiger partial charge is 0.319 e. The van der Waals surface area contributed by atoms with Gasteiger partial charge in [0.15, 0.2) is 0 Å². The molecule has 0 heterocycles. The second-order valence-corrected chi connectivity index (χ2v) is 4.69. The van der Waals surface area contributed by atoms with Crippen molar-refractivity contribution in [3.63, 3.8) is 0 Å². The molecule has 2 aromatic rings. The summed E-state index contributed by atoms with van der Waals surface area (Å²) < 4.78 is 13.2. The molecule has 0 fully saturated rings. The largest absolute Gasteiger partial charge is 0.331 e. The van der Waals surface area contributed by atoms with Crippen molar-refractivity contribution in [3.05, 3.63) is 65.5 Å². The lowest BCUT2D eigenvalue weighted by molar-refractivity contribution is 0.249. The van der Waals surface area contributed by atoms with Crippen molar-refractivity contribution in [2.45, 2.75) is 19.9 Å². The van der Waals surface area contributed by atoms with E-state index in [0.29, 0.717) is 5.69 Å². The number of carbonyl (C=O) groups excluding carboxylic acids is 1. The molecular formula is C16H17FN2O. The third kappa shape index (κ3) is 3.57. The molecule has 1 unspecified atom stereocenters. The van der Waals surface area contributed by atoms with Crippen molar-refractivity contribution < 1.29 is 9.18 Å². The molecule has 0 spiro atoms. The molecular weight excluding hydrogens is 255 g/mol. The molecule has 2 N–H and O–H groups in total. The lowest BCUT2D eigenvalue weighted by atomic mass is 10.1. The summed E-state index contributed by atoms with van der Waals surface area (Å²) in [6.45, 7) is 3.71. The Morgan fingerprint density at radius 1 is 1.15 bits per heavy atom. The number of aryl methyl sites for hydroxylation is 1. The van der Waals surface area contributed by atoms with Crippen LogP contribution < -0.4 is 10.6 Å². The van der Waals surface area contributed by atoms with Gasteiger partial charge in [-0.1, -0.05) is 36.4 Å². The van der Waals surface area contributed by atoms with E-state index in [0.717, 1.165) is 11.1 Å².